The predicted octanol–water partition coefficient (Wildman–Crippen LogP) is 2.67. The van der Waals surface area contributed by atoms with Crippen LogP contribution in [0, 0.1) is 0 Å². The van der Waals surface area contributed by atoms with Crippen LogP contribution >= 0.6 is 24.0 Å². The van der Waals surface area contributed by atoms with Crippen LogP contribution in [0.3, 0.4) is 0 Å². The molecule has 0 unspecified atom stereocenters. The number of pyridine rings is 1. The number of allylic oxidation sites excluding steroid dienone is 3. The highest BCUT2D eigenvalue weighted by Crippen LogP contribution is 2.34. The van der Waals surface area contributed by atoms with Gasteiger partial charge in [0.1, 0.15) is 10.1 Å². The van der Waals surface area contributed by atoms with Gasteiger partial charge in [-0.25, -0.2) is 4.98 Å². The summed E-state index contributed by atoms with van der Waals surface area (Å²) in [5, 5.41) is 0. The Balaban J connectivity index is 1.87. The van der Waals surface area contributed by atoms with Crippen LogP contribution in [-0.2, 0) is 4.79 Å². The Hall–Kier alpha value is -1.92. The van der Waals surface area contributed by atoms with Crippen molar-refractivity contribution in [2.75, 3.05) is 11.9 Å². The Morgan fingerprint density at radius 2 is 2.00 bits per heavy atom. The zero-order chi connectivity index (χ0) is 14.1. The van der Waals surface area contributed by atoms with Crippen LogP contribution < -0.4 is 4.90 Å². The monoisotopic (exact) mass is 301 g/mol. The lowest BCUT2D eigenvalue weighted by Gasteiger charge is -2.17. The van der Waals surface area contributed by atoms with E-state index < -0.39 is 0 Å². The van der Waals surface area contributed by atoms with Gasteiger partial charge in [0.25, 0.3) is 5.91 Å². The van der Waals surface area contributed by atoms with Gasteiger partial charge in [0.15, 0.2) is 0 Å². The van der Waals surface area contributed by atoms with E-state index in [0.29, 0.717) is 9.23 Å². The summed E-state index contributed by atoms with van der Waals surface area (Å²) in [6, 6.07) is 5.73. The predicted molar refractivity (Wildman–Crippen MR) is 85.0 cm³/mol. The van der Waals surface area contributed by atoms with E-state index in [9.17, 15) is 4.79 Å². The number of amides is 1. The molecule has 0 saturated carbocycles. The molecule has 2 aliphatic rings. The van der Waals surface area contributed by atoms with Gasteiger partial charge in [-0.3, -0.25) is 9.69 Å². The van der Waals surface area contributed by atoms with Crippen LogP contribution in [0.5, 0.6) is 0 Å². The van der Waals surface area contributed by atoms with E-state index in [1.807, 2.05) is 47.7 Å². The molecular formula is C14H11N3OS2. The number of rotatable bonds is 1. The zero-order valence-electron chi connectivity index (χ0n) is 10.7. The first-order valence-electron chi connectivity index (χ1n) is 5.97. The second-order valence-corrected chi connectivity index (χ2v) is 5.89. The van der Waals surface area contributed by atoms with Gasteiger partial charge in [0, 0.05) is 25.6 Å². The molecular weight excluding hydrogens is 290 g/mol. The third-order valence-electron chi connectivity index (χ3n) is 2.97. The Kier molecular flexibility index (Phi) is 3.42. The molecule has 1 amide bonds. The third kappa shape index (κ3) is 2.28. The number of likely N-dealkylation sites (N-methyl/N-ethyl adjacent to an activating group) is 1. The molecule has 1 aromatic rings. The molecule has 4 nitrogen and oxygen atoms in total. The van der Waals surface area contributed by atoms with Gasteiger partial charge >= 0.3 is 0 Å². The minimum atomic E-state index is -0.0458. The number of carbonyl (C=O) groups excluding carboxylic acids is 1. The van der Waals surface area contributed by atoms with Gasteiger partial charge < -0.3 is 4.90 Å². The highest BCUT2D eigenvalue weighted by Gasteiger charge is 2.30. The largest absolute Gasteiger partial charge is 0.309 e. The van der Waals surface area contributed by atoms with Crippen molar-refractivity contribution in [3.05, 3.63) is 59.4 Å². The first-order chi connectivity index (χ1) is 9.66. The van der Waals surface area contributed by atoms with Crippen molar-refractivity contribution in [2.45, 2.75) is 0 Å². The molecule has 0 bridgehead atoms. The first kappa shape index (κ1) is 13.1. The minimum absolute atomic E-state index is 0.0458. The second kappa shape index (κ2) is 5.22. The molecule has 0 atom stereocenters. The van der Waals surface area contributed by atoms with Crippen LogP contribution in [0.1, 0.15) is 0 Å². The smallest absolute Gasteiger partial charge is 0.266 e. The molecule has 0 radical (unpaired) electrons. The number of hydrogen-bond donors (Lipinski definition) is 0. The van der Waals surface area contributed by atoms with Crippen molar-refractivity contribution in [3.63, 3.8) is 0 Å². The van der Waals surface area contributed by atoms with Crippen LogP contribution in [-0.4, -0.2) is 27.2 Å². The van der Waals surface area contributed by atoms with Crippen molar-refractivity contribution in [1.29, 1.82) is 0 Å². The van der Waals surface area contributed by atoms with E-state index in [1.54, 1.807) is 13.2 Å². The third-order valence-corrected chi connectivity index (χ3v) is 4.55. The van der Waals surface area contributed by atoms with E-state index in [-0.39, 0.29) is 5.91 Å². The van der Waals surface area contributed by atoms with Crippen LogP contribution in [0.15, 0.2) is 59.4 Å². The summed E-state index contributed by atoms with van der Waals surface area (Å²) in [6.07, 6.45) is 9.32. The average molecular weight is 301 g/mol. The summed E-state index contributed by atoms with van der Waals surface area (Å²) in [6.45, 7) is 0. The van der Waals surface area contributed by atoms with Crippen LogP contribution in [0.4, 0.5) is 5.82 Å². The summed E-state index contributed by atoms with van der Waals surface area (Å²) in [5.41, 5.74) is 0.874. The Bertz CT molecular complexity index is 648. The molecule has 100 valence electrons. The molecule has 0 aromatic carbocycles. The molecule has 1 fully saturated rings. The van der Waals surface area contributed by atoms with E-state index in [0.717, 1.165) is 11.4 Å². The normalized spacial score (nSPS) is 18.4. The number of thiocarbonyl (C=S) groups is 1. The van der Waals surface area contributed by atoms with Crippen LogP contribution in [0.25, 0.3) is 0 Å². The Labute approximate surface area is 126 Å². The lowest BCUT2D eigenvalue weighted by Crippen LogP contribution is -2.22. The Morgan fingerprint density at radius 3 is 2.55 bits per heavy atom. The maximum Gasteiger partial charge on any atom is 0.266 e. The van der Waals surface area contributed by atoms with E-state index >= 15 is 0 Å². The lowest BCUT2D eigenvalue weighted by atomic mass is 10.2. The number of hydrogen-bond acceptors (Lipinski definition) is 5. The number of carbonyl (C=O) groups is 1. The van der Waals surface area contributed by atoms with Crippen molar-refractivity contribution in [2.24, 2.45) is 0 Å². The summed E-state index contributed by atoms with van der Waals surface area (Å²) >= 11 is 6.47. The van der Waals surface area contributed by atoms with Crippen molar-refractivity contribution in [1.82, 2.24) is 9.88 Å². The van der Waals surface area contributed by atoms with Gasteiger partial charge in [-0.1, -0.05) is 30.0 Å². The summed E-state index contributed by atoms with van der Waals surface area (Å²) < 4.78 is 0.589. The quantitative estimate of drug-likeness (QED) is 0.589. The first-order valence-corrected chi connectivity index (χ1v) is 7.19. The fourth-order valence-electron chi connectivity index (χ4n) is 1.85. The standard InChI is InChI=1S/C14H11N3OS2/c1-16-13(18)12(20-14(16)19)10-5-8-17(9-6-10)11-4-2-3-7-15-11/h2-9H,1H3. The van der Waals surface area contributed by atoms with Crippen molar-refractivity contribution < 1.29 is 4.79 Å². The van der Waals surface area contributed by atoms with Gasteiger partial charge in [-0.15, -0.1) is 0 Å². The maximum absolute atomic E-state index is 12.0. The molecule has 0 spiro atoms. The molecule has 0 aliphatic carbocycles. The molecule has 3 rings (SSSR count). The summed E-state index contributed by atoms with van der Waals surface area (Å²) in [7, 11) is 1.70. The highest BCUT2D eigenvalue weighted by molar-refractivity contribution is 8.26. The fraction of sp³-hybridized carbons (Fsp3) is 0.0714. The summed E-state index contributed by atoms with van der Waals surface area (Å²) in [4.78, 5) is 20.4. The molecule has 1 saturated heterocycles. The molecule has 1 aromatic heterocycles. The second-order valence-electron chi connectivity index (χ2n) is 4.24. The topological polar surface area (TPSA) is 36.4 Å². The average Bonchev–Trinajstić information content (AvgIpc) is 2.76. The number of aromatic nitrogens is 1. The maximum atomic E-state index is 12.0. The SMILES string of the molecule is CN1C(=O)C(=C2C=CN(c3ccccn3)C=C2)SC1=S. The summed E-state index contributed by atoms with van der Waals surface area (Å²) in [5.74, 6) is 0.790. The zero-order valence-corrected chi connectivity index (χ0v) is 12.3. The molecule has 0 N–H and O–H groups in total. The van der Waals surface area contributed by atoms with Crippen LogP contribution in [0.2, 0.25) is 0 Å². The van der Waals surface area contributed by atoms with Crippen molar-refractivity contribution in [3.8, 4) is 0 Å². The molecule has 2 aliphatic heterocycles. The lowest BCUT2D eigenvalue weighted by molar-refractivity contribution is -0.121. The molecule has 20 heavy (non-hydrogen) atoms. The molecule has 3 heterocycles. The highest BCUT2D eigenvalue weighted by atomic mass is 32.2. The van der Waals surface area contributed by atoms with Crippen molar-refractivity contribution >= 4 is 40.0 Å². The van der Waals surface area contributed by atoms with Gasteiger partial charge in [-0.2, -0.15) is 0 Å². The number of anilines is 1. The number of nitrogens with zero attached hydrogens (tertiary/aromatic N) is 3. The fourth-order valence-corrected chi connectivity index (χ4v) is 3.06. The van der Waals surface area contributed by atoms with Gasteiger partial charge in [0.05, 0.1) is 4.91 Å². The van der Waals surface area contributed by atoms with E-state index in [2.05, 4.69) is 4.98 Å². The van der Waals surface area contributed by atoms with E-state index in [4.69, 9.17) is 12.2 Å². The minimum Gasteiger partial charge on any atom is -0.309 e. The molecule has 6 heteroatoms. The van der Waals surface area contributed by atoms with Gasteiger partial charge in [-0.05, 0) is 29.9 Å². The Morgan fingerprint density at radius 1 is 1.25 bits per heavy atom. The number of thioether (sulfide) groups is 1. The van der Waals surface area contributed by atoms with E-state index in [1.165, 1.54) is 16.7 Å². The van der Waals surface area contributed by atoms with Gasteiger partial charge in [0.2, 0.25) is 0 Å².